The highest BCUT2D eigenvalue weighted by atomic mass is 16.5. The Morgan fingerprint density at radius 2 is 1.28 bits per heavy atom. The first-order valence-corrected chi connectivity index (χ1v) is 8.20. The van der Waals surface area contributed by atoms with Gasteiger partial charge in [0, 0.05) is 22.9 Å². The van der Waals surface area contributed by atoms with Crippen LogP contribution < -0.4 is 4.90 Å². The minimum Gasteiger partial charge on any atom is -0.465 e. The molecule has 0 aromatic heterocycles. The molecule has 0 spiro atoms. The molecule has 1 aliphatic rings. The Morgan fingerprint density at radius 3 is 1.92 bits per heavy atom. The summed E-state index contributed by atoms with van der Waals surface area (Å²) in [5, 5.41) is 0. The molecule has 3 aromatic carbocycles. The summed E-state index contributed by atoms with van der Waals surface area (Å²) in [5.74, 6) is 0.497. The van der Waals surface area contributed by atoms with Gasteiger partial charge < -0.3 is 4.74 Å². The van der Waals surface area contributed by atoms with Crippen LogP contribution in [-0.4, -0.2) is 5.91 Å². The average Bonchev–Trinajstić information content (AvgIpc) is 2.69. The van der Waals surface area contributed by atoms with Crippen LogP contribution in [0.15, 0.2) is 97.1 Å². The predicted octanol–water partition coefficient (Wildman–Crippen LogP) is 4.79. The van der Waals surface area contributed by atoms with Gasteiger partial charge in [-0.15, -0.1) is 0 Å². The second-order valence-corrected chi connectivity index (χ2v) is 5.80. The molecule has 0 unspecified atom stereocenters. The van der Waals surface area contributed by atoms with E-state index in [1.54, 1.807) is 11.0 Å². The Bertz CT molecular complexity index is 889. The fourth-order valence-electron chi connectivity index (χ4n) is 2.94. The fraction of sp³-hybridized carbons (Fsp3) is 0.0455. The zero-order chi connectivity index (χ0) is 17.1. The van der Waals surface area contributed by atoms with E-state index in [0.717, 1.165) is 16.8 Å². The van der Waals surface area contributed by atoms with Crippen molar-refractivity contribution < 1.29 is 9.53 Å². The van der Waals surface area contributed by atoms with Gasteiger partial charge >= 0.3 is 0 Å². The number of amides is 1. The molecule has 3 aromatic rings. The number of hydrogen-bond donors (Lipinski definition) is 0. The van der Waals surface area contributed by atoms with Crippen molar-refractivity contribution in [3.8, 4) is 0 Å². The maximum atomic E-state index is 12.9. The van der Waals surface area contributed by atoms with Gasteiger partial charge in [0.15, 0.2) is 0 Å². The molecule has 3 nitrogen and oxygen atoms in total. The molecule has 1 heterocycles. The maximum absolute atomic E-state index is 12.9. The third-order valence-corrected chi connectivity index (χ3v) is 4.14. The largest absolute Gasteiger partial charge is 0.465 e. The van der Waals surface area contributed by atoms with Crippen molar-refractivity contribution >= 4 is 17.4 Å². The zero-order valence-corrected chi connectivity index (χ0v) is 13.6. The van der Waals surface area contributed by atoms with Gasteiger partial charge in [-0.05, 0) is 12.1 Å². The van der Waals surface area contributed by atoms with Crippen LogP contribution in [-0.2, 0) is 9.53 Å². The van der Waals surface area contributed by atoms with Gasteiger partial charge in [-0.25, -0.2) is 0 Å². The van der Waals surface area contributed by atoms with Crippen LogP contribution in [0.4, 0.5) is 5.69 Å². The molecule has 4 rings (SSSR count). The number of carbonyl (C=O) groups is 1. The first-order chi connectivity index (χ1) is 12.3. The minimum atomic E-state index is -0.503. The molecule has 0 aliphatic carbocycles. The quantitative estimate of drug-likeness (QED) is 0.692. The van der Waals surface area contributed by atoms with Crippen LogP contribution in [0.25, 0.3) is 5.76 Å². The van der Waals surface area contributed by atoms with Crippen molar-refractivity contribution in [3.05, 3.63) is 108 Å². The summed E-state index contributed by atoms with van der Waals surface area (Å²) in [6, 6.07) is 29.1. The molecule has 0 saturated carbocycles. The zero-order valence-electron chi connectivity index (χ0n) is 13.6. The molecular weight excluding hydrogens is 310 g/mol. The standard InChI is InChI=1S/C22H17NO2/c24-21-16-20(17-10-4-1-5-11-17)25-22(18-12-6-2-7-13-18)23(21)19-14-8-3-9-15-19/h1-16,22H/t22-/m1/s1. The number of ether oxygens (including phenoxy) is 1. The number of anilines is 1. The van der Waals surface area contributed by atoms with E-state index in [2.05, 4.69) is 0 Å². The number of rotatable bonds is 3. The number of nitrogens with zero attached hydrogens (tertiary/aromatic N) is 1. The van der Waals surface area contributed by atoms with Crippen molar-refractivity contribution in [2.45, 2.75) is 6.23 Å². The van der Waals surface area contributed by atoms with E-state index in [4.69, 9.17) is 4.74 Å². The van der Waals surface area contributed by atoms with E-state index in [0.29, 0.717) is 5.76 Å². The fourth-order valence-corrected chi connectivity index (χ4v) is 2.94. The van der Waals surface area contributed by atoms with E-state index < -0.39 is 6.23 Å². The normalized spacial score (nSPS) is 17.0. The van der Waals surface area contributed by atoms with Crippen molar-refractivity contribution in [1.29, 1.82) is 0 Å². The third-order valence-electron chi connectivity index (χ3n) is 4.14. The van der Waals surface area contributed by atoms with Crippen molar-refractivity contribution in [1.82, 2.24) is 0 Å². The van der Waals surface area contributed by atoms with Crippen LogP contribution in [0.1, 0.15) is 17.4 Å². The van der Waals surface area contributed by atoms with Gasteiger partial charge in [-0.2, -0.15) is 0 Å². The summed E-state index contributed by atoms with van der Waals surface area (Å²) < 4.78 is 6.26. The SMILES string of the molecule is O=C1C=C(c2ccccc2)O[C@H](c2ccccc2)N1c1ccccc1. The molecule has 1 amide bonds. The van der Waals surface area contributed by atoms with Crippen LogP contribution >= 0.6 is 0 Å². The molecule has 0 saturated heterocycles. The molecule has 1 aliphatic heterocycles. The van der Waals surface area contributed by atoms with E-state index in [-0.39, 0.29) is 5.91 Å². The highest BCUT2D eigenvalue weighted by Crippen LogP contribution is 2.36. The van der Waals surface area contributed by atoms with E-state index >= 15 is 0 Å². The Kier molecular flexibility index (Phi) is 4.05. The van der Waals surface area contributed by atoms with Crippen LogP contribution in [0.2, 0.25) is 0 Å². The summed E-state index contributed by atoms with van der Waals surface area (Å²) in [7, 11) is 0. The summed E-state index contributed by atoms with van der Waals surface area (Å²) in [5.41, 5.74) is 2.63. The van der Waals surface area contributed by atoms with E-state index in [9.17, 15) is 4.79 Å². The second-order valence-electron chi connectivity index (χ2n) is 5.80. The third kappa shape index (κ3) is 3.04. The number of para-hydroxylation sites is 1. The van der Waals surface area contributed by atoms with E-state index in [1.807, 2.05) is 91.0 Å². The molecule has 3 heteroatoms. The van der Waals surface area contributed by atoms with Gasteiger partial charge in [0.1, 0.15) is 5.76 Å². The molecule has 0 bridgehead atoms. The lowest BCUT2D eigenvalue weighted by Crippen LogP contribution is -2.38. The van der Waals surface area contributed by atoms with Crippen molar-refractivity contribution in [2.75, 3.05) is 4.90 Å². The molecule has 0 N–H and O–H groups in total. The molecule has 1 atom stereocenters. The predicted molar refractivity (Wildman–Crippen MR) is 98.6 cm³/mol. The van der Waals surface area contributed by atoms with Gasteiger partial charge in [0.05, 0.1) is 0 Å². The monoisotopic (exact) mass is 327 g/mol. The molecule has 25 heavy (non-hydrogen) atoms. The highest BCUT2D eigenvalue weighted by Gasteiger charge is 2.32. The second kappa shape index (κ2) is 6.65. The number of carbonyl (C=O) groups excluding carboxylic acids is 1. The van der Waals surface area contributed by atoms with E-state index in [1.165, 1.54) is 0 Å². The van der Waals surface area contributed by atoms with Crippen LogP contribution in [0.3, 0.4) is 0 Å². The number of benzene rings is 3. The first-order valence-electron chi connectivity index (χ1n) is 8.20. The van der Waals surface area contributed by atoms with Crippen LogP contribution in [0.5, 0.6) is 0 Å². The summed E-state index contributed by atoms with van der Waals surface area (Å²) in [6.45, 7) is 0. The lowest BCUT2D eigenvalue weighted by Gasteiger charge is -2.35. The lowest BCUT2D eigenvalue weighted by molar-refractivity contribution is -0.117. The summed E-state index contributed by atoms with van der Waals surface area (Å²) >= 11 is 0. The Morgan fingerprint density at radius 1 is 0.720 bits per heavy atom. The van der Waals surface area contributed by atoms with Gasteiger partial charge in [0.25, 0.3) is 5.91 Å². The number of hydrogen-bond acceptors (Lipinski definition) is 2. The molecule has 0 radical (unpaired) electrons. The minimum absolute atomic E-state index is 0.0924. The Labute approximate surface area is 146 Å². The lowest BCUT2D eigenvalue weighted by atomic mass is 10.1. The molecule has 122 valence electrons. The molecular formula is C22H17NO2. The van der Waals surface area contributed by atoms with Gasteiger partial charge in [-0.1, -0.05) is 78.9 Å². The van der Waals surface area contributed by atoms with Crippen LogP contribution in [0, 0.1) is 0 Å². The van der Waals surface area contributed by atoms with Gasteiger partial charge in [0.2, 0.25) is 6.23 Å². The molecule has 0 fully saturated rings. The highest BCUT2D eigenvalue weighted by molar-refractivity contribution is 6.06. The summed E-state index contributed by atoms with van der Waals surface area (Å²) in [6.07, 6.45) is 1.05. The van der Waals surface area contributed by atoms with Crippen molar-refractivity contribution in [2.24, 2.45) is 0 Å². The summed E-state index contributed by atoms with van der Waals surface area (Å²) in [4.78, 5) is 14.6. The van der Waals surface area contributed by atoms with Crippen molar-refractivity contribution in [3.63, 3.8) is 0 Å². The maximum Gasteiger partial charge on any atom is 0.257 e. The Balaban J connectivity index is 1.80. The first kappa shape index (κ1) is 15.2. The topological polar surface area (TPSA) is 29.5 Å². The smallest absolute Gasteiger partial charge is 0.257 e. The average molecular weight is 327 g/mol. The van der Waals surface area contributed by atoms with Gasteiger partial charge in [-0.3, -0.25) is 9.69 Å². The Hall–Kier alpha value is -3.33.